The van der Waals surface area contributed by atoms with Gasteiger partial charge in [0.25, 0.3) is 0 Å². The molecule has 0 saturated carbocycles. The molecule has 0 aliphatic rings. The first kappa shape index (κ1) is 17.4. The van der Waals surface area contributed by atoms with Crippen molar-refractivity contribution in [3.8, 4) is 10.4 Å². The fraction of sp³-hybridized carbons (Fsp3) is 0.0625. The number of carbonyl (C=O) groups is 3. The standard InChI is InChI=1S/C16H14FN3O3S/c17-10-3-1-9(2-4-10)12-7-5-11(24-12)6-8-13(21)20-14(15(18)22)16(19)23/h1-8,14H,(H2,18,22)(H2,19,23)(H,20,21)/b8-6+. The van der Waals surface area contributed by atoms with Crippen LogP contribution in [0.25, 0.3) is 16.5 Å². The number of nitrogens with two attached hydrogens (primary N) is 2. The van der Waals surface area contributed by atoms with E-state index in [0.717, 1.165) is 15.3 Å². The molecule has 2 aromatic rings. The molecule has 6 nitrogen and oxygen atoms in total. The second-order valence-corrected chi connectivity index (χ2v) is 5.90. The summed E-state index contributed by atoms with van der Waals surface area (Å²) in [5.41, 5.74) is 10.8. The highest BCUT2D eigenvalue weighted by atomic mass is 32.1. The summed E-state index contributed by atoms with van der Waals surface area (Å²) in [5.74, 6) is -3.04. The minimum atomic E-state index is -1.56. The van der Waals surface area contributed by atoms with Gasteiger partial charge in [-0.2, -0.15) is 0 Å². The van der Waals surface area contributed by atoms with Crippen molar-refractivity contribution in [3.05, 3.63) is 53.2 Å². The lowest BCUT2D eigenvalue weighted by atomic mass is 10.2. The van der Waals surface area contributed by atoms with E-state index in [1.54, 1.807) is 18.2 Å². The number of benzene rings is 1. The van der Waals surface area contributed by atoms with Gasteiger partial charge in [-0.3, -0.25) is 14.4 Å². The van der Waals surface area contributed by atoms with Gasteiger partial charge in [0.2, 0.25) is 17.7 Å². The van der Waals surface area contributed by atoms with Gasteiger partial charge in [0.1, 0.15) is 5.82 Å². The zero-order chi connectivity index (χ0) is 17.7. The van der Waals surface area contributed by atoms with Crippen LogP contribution < -0.4 is 16.8 Å². The molecular formula is C16H14FN3O3S. The minimum Gasteiger partial charge on any atom is -0.367 e. The first-order chi connectivity index (χ1) is 11.4. The van der Waals surface area contributed by atoms with Crippen molar-refractivity contribution >= 4 is 35.1 Å². The van der Waals surface area contributed by atoms with Gasteiger partial charge >= 0.3 is 0 Å². The molecule has 0 bridgehead atoms. The van der Waals surface area contributed by atoms with Crippen LogP contribution in [-0.2, 0) is 14.4 Å². The maximum absolute atomic E-state index is 12.9. The maximum Gasteiger partial charge on any atom is 0.249 e. The van der Waals surface area contributed by atoms with Crippen molar-refractivity contribution in [1.82, 2.24) is 5.32 Å². The van der Waals surface area contributed by atoms with Gasteiger partial charge in [-0.05, 0) is 35.9 Å². The number of primary amides is 2. The van der Waals surface area contributed by atoms with E-state index in [4.69, 9.17) is 11.5 Å². The molecule has 0 fully saturated rings. The van der Waals surface area contributed by atoms with E-state index in [9.17, 15) is 18.8 Å². The van der Waals surface area contributed by atoms with E-state index in [1.165, 1.54) is 35.6 Å². The Labute approximate surface area is 141 Å². The number of amides is 3. The zero-order valence-electron chi connectivity index (χ0n) is 12.4. The van der Waals surface area contributed by atoms with Crippen LogP contribution in [0.2, 0.25) is 0 Å². The molecule has 124 valence electrons. The minimum absolute atomic E-state index is 0.314. The summed E-state index contributed by atoms with van der Waals surface area (Å²) in [7, 11) is 0. The van der Waals surface area contributed by atoms with Crippen molar-refractivity contribution in [2.45, 2.75) is 6.04 Å². The molecule has 0 saturated heterocycles. The average Bonchev–Trinajstić information content (AvgIpc) is 2.99. The molecule has 0 aliphatic heterocycles. The van der Waals surface area contributed by atoms with E-state index < -0.39 is 23.8 Å². The van der Waals surface area contributed by atoms with Crippen LogP contribution in [0.4, 0.5) is 4.39 Å². The van der Waals surface area contributed by atoms with Gasteiger partial charge in [0.15, 0.2) is 6.04 Å². The smallest absolute Gasteiger partial charge is 0.249 e. The van der Waals surface area contributed by atoms with Crippen LogP contribution in [-0.4, -0.2) is 23.8 Å². The summed E-state index contributed by atoms with van der Waals surface area (Å²) in [6.07, 6.45) is 2.69. The Hall–Kier alpha value is -3.00. The number of nitrogens with one attached hydrogen (secondary N) is 1. The number of rotatable bonds is 6. The van der Waals surface area contributed by atoms with Gasteiger partial charge in [-0.15, -0.1) is 11.3 Å². The van der Waals surface area contributed by atoms with Crippen LogP contribution in [0.1, 0.15) is 4.88 Å². The number of thiophene rings is 1. The summed E-state index contributed by atoms with van der Waals surface area (Å²) >= 11 is 1.39. The Balaban J connectivity index is 2.04. The predicted octanol–water partition coefficient (Wildman–Crippen LogP) is 1.02. The maximum atomic E-state index is 12.9. The fourth-order valence-corrected chi connectivity index (χ4v) is 2.76. The topological polar surface area (TPSA) is 115 Å². The fourth-order valence-electron chi connectivity index (χ4n) is 1.84. The Morgan fingerprint density at radius 1 is 1.04 bits per heavy atom. The molecule has 8 heteroatoms. The highest BCUT2D eigenvalue weighted by molar-refractivity contribution is 7.16. The summed E-state index contributed by atoms with van der Waals surface area (Å²) in [5, 5.41) is 2.12. The average molecular weight is 347 g/mol. The second-order valence-electron chi connectivity index (χ2n) is 4.79. The molecule has 1 aromatic carbocycles. The van der Waals surface area contributed by atoms with E-state index in [2.05, 4.69) is 5.32 Å². The highest BCUT2D eigenvalue weighted by Gasteiger charge is 2.22. The first-order valence-corrected chi connectivity index (χ1v) is 7.61. The molecule has 0 unspecified atom stereocenters. The molecule has 5 N–H and O–H groups in total. The lowest BCUT2D eigenvalue weighted by Crippen LogP contribution is -2.52. The Morgan fingerprint density at radius 3 is 2.25 bits per heavy atom. The Bertz CT molecular complexity index is 785. The number of hydrogen-bond donors (Lipinski definition) is 3. The molecule has 0 spiro atoms. The van der Waals surface area contributed by atoms with E-state index in [-0.39, 0.29) is 5.82 Å². The van der Waals surface area contributed by atoms with Crippen molar-refractivity contribution in [1.29, 1.82) is 0 Å². The summed E-state index contributed by atoms with van der Waals surface area (Å²) in [4.78, 5) is 35.4. The van der Waals surface area contributed by atoms with Crippen molar-refractivity contribution in [2.75, 3.05) is 0 Å². The highest BCUT2D eigenvalue weighted by Crippen LogP contribution is 2.28. The molecule has 24 heavy (non-hydrogen) atoms. The lowest BCUT2D eigenvalue weighted by molar-refractivity contribution is -0.132. The predicted molar refractivity (Wildman–Crippen MR) is 89.1 cm³/mol. The van der Waals surface area contributed by atoms with Gasteiger partial charge in [0.05, 0.1) is 0 Å². The van der Waals surface area contributed by atoms with Crippen LogP contribution >= 0.6 is 11.3 Å². The number of carbonyl (C=O) groups excluding carboxylic acids is 3. The molecule has 3 amide bonds. The van der Waals surface area contributed by atoms with Crippen molar-refractivity contribution < 1.29 is 18.8 Å². The molecule has 1 aromatic heterocycles. The van der Waals surface area contributed by atoms with E-state index >= 15 is 0 Å². The van der Waals surface area contributed by atoms with Crippen LogP contribution in [0.5, 0.6) is 0 Å². The van der Waals surface area contributed by atoms with Crippen LogP contribution in [0.3, 0.4) is 0 Å². The summed E-state index contributed by atoms with van der Waals surface area (Å²) in [6, 6.07) is 8.12. The van der Waals surface area contributed by atoms with Gasteiger partial charge in [0, 0.05) is 15.8 Å². The summed E-state index contributed by atoms with van der Waals surface area (Å²) < 4.78 is 12.9. The third-order valence-corrected chi connectivity index (χ3v) is 4.11. The molecule has 0 atom stereocenters. The van der Waals surface area contributed by atoms with Crippen molar-refractivity contribution in [2.24, 2.45) is 11.5 Å². The molecule has 0 aliphatic carbocycles. The largest absolute Gasteiger partial charge is 0.367 e. The van der Waals surface area contributed by atoms with Gasteiger partial charge in [-0.25, -0.2) is 4.39 Å². The zero-order valence-corrected chi connectivity index (χ0v) is 13.2. The third-order valence-electron chi connectivity index (χ3n) is 3.01. The number of hydrogen-bond acceptors (Lipinski definition) is 4. The Morgan fingerprint density at radius 2 is 1.67 bits per heavy atom. The van der Waals surface area contributed by atoms with Gasteiger partial charge < -0.3 is 16.8 Å². The number of halogens is 1. The molecule has 0 radical (unpaired) electrons. The van der Waals surface area contributed by atoms with Crippen LogP contribution in [0, 0.1) is 5.82 Å². The van der Waals surface area contributed by atoms with Crippen molar-refractivity contribution in [3.63, 3.8) is 0 Å². The SMILES string of the molecule is NC(=O)C(NC(=O)/C=C/c1ccc(-c2ccc(F)cc2)s1)C(N)=O. The quantitative estimate of drug-likeness (QED) is 0.535. The summed E-state index contributed by atoms with van der Waals surface area (Å²) in [6.45, 7) is 0. The molecule has 2 rings (SSSR count). The normalized spacial score (nSPS) is 10.9. The molecular weight excluding hydrogens is 333 g/mol. The molecule has 1 heterocycles. The Kier molecular flexibility index (Phi) is 5.43. The monoisotopic (exact) mass is 347 g/mol. The third kappa shape index (κ3) is 4.50. The first-order valence-electron chi connectivity index (χ1n) is 6.80. The lowest BCUT2D eigenvalue weighted by Gasteiger charge is -2.09. The van der Waals surface area contributed by atoms with Crippen LogP contribution in [0.15, 0.2) is 42.5 Å². The van der Waals surface area contributed by atoms with Gasteiger partial charge in [-0.1, -0.05) is 12.1 Å². The second kappa shape index (κ2) is 7.51. The van der Waals surface area contributed by atoms with E-state index in [1.807, 2.05) is 6.07 Å². The van der Waals surface area contributed by atoms with E-state index in [0.29, 0.717) is 0 Å².